The van der Waals surface area contributed by atoms with Crippen LogP contribution in [-0.4, -0.2) is 34.4 Å². The molecule has 0 saturated carbocycles. The molecule has 1 saturated heterocycles. The number of ether oxygens (including phenoxy) is 1. The zero-order chi connectivity index (χ0) is 16.8. The van der Waals surface area contributed by atoms with Gasteiger partial charge in [0.25, 0.3) is 0 Å². The molecule has 0 aromatic heterocycles. The first kappa shape index (κ1) is 19.4. The number of aliphatic carboxylic acids is 1. The van der Waals surface area contributed by atoms with Crippen LogP contribution in [0.3, 0.4) is 0 Å². The molecule has 1 fully saturated rings. The largest absolute Gasteiger partial charge is 0.481 e. The Morgan fingerprint density at radius 2 is 1.77 bits per heavy atom. The molecule has 0 spiro atoms. The van der Waals surface area contributed by atoms with E-state index in [2.05, 4.69) is 39.9 Å². The molecule has 1 atom stereocenters. The molecule has 1 aliphatic heterocycles. The standard InChI is InChI=1S/C18H35NO3/c1-6-7-8-9-10-14(11-16(20)21)22-15-12-17(2,3)19-18(4,5)13-15/h14-15,19H,6-13H2,1-5H3,(H,20,21). The zero-order valence-electron chi connectivity index (χ0n) is 15.1. The number of carboxylic acids is 1. The minimum atomic E-state index is -0.757. The number of piperidine rings is 1. The van der Waals surface area contributed by atoms with Gasteiger partial charge in [0.05, 0.1) is 18.6 Å². The minimum absolute atomic E-state index is 0.0302. The summed E-state index contributed by atoms with van der Waals surface area (Å²) in [5.41, 5.74) is 0.0603. The second-order valence-corrected chi connectivity index (χ2v) is 8.13. The van der Waals surface area contributed by atoms with E-state index in [9.17, 15) is 4.79 Å². The van der Waals surface area contributed by atoms with Crippen molar-refractivity contribution in [2.24, 2.45) is 0 Å². The molecule has 22 heavy (non-hydrogen) atoms. The Morgan fingerprint density at radius 3 is 2.27 bits per heavy atom. The van der Waals surface area contributed by atoms with Crippen LogP contribution >= 0.6 is 0 Å². The van der Waals surface area contributed by atoms with Gasteiger partial charge in [-0.25, -0.2) is 0 Å². The second-order valence-electron chi connectivity index (χ2n) is 8.13. The fraction of sp³-hybridized carbons (Fsp3) is 0.944. The topological polar surface area (TPSA) is 58.6 Å². The van der Waals surface area contributed by atoms with Crippen LogP contribution in [0, 0.1) is 0 Å². The number of carbonyl (C=O) groups is 1. The van der Waals surface area contributed by atoms with Gasteiger partial charge in [-0.15, -0.1) is 0 Å². The van der Waals surface area contributed by atoms with Crippen molar-refractivity contribution in [1.29, 1.82) is 0 Å². The quantitative estimate of drug-likeness (QED) is 0.628. The molecule has 4 heteroatoms. The third-order valence-corrected chi connectivity index (χ3v) is 4.32. The summed E-state index contributed by atoms with van der Waals surface area (Å²) in [6, 6.07) is 0. The van der Waals surface area contributed by atoms with Gasteiger partial charge in [-0.05, 0) is 47.0 Å². The number of unbranched alkanes of at least 4 members (excludes halogenated alkanes) is 3. The van der Waals surface area contributed by atoms with Crippen molar-refractivity contribution >= 4 is 5.97 Å². The van der Waals surface area contributed by atoms with E-state index in [1.165, 1.54) is 19.3 Å². The first-order valence-corrected chi connectivity index (χ1v) is 8.80. The molecular formula is C18H35NO3. The highest BCUT2D eigenvalue weighted by atomic mass is 16.5. The summed E-state index contributed by atoms with van der Waals surface area (Å²) < 4.78 is 6.23. The fourth-order valence-corrected chi connectivity index (χ4v) is 3.81. The van der Waals surface area contributed by atoms with Crippen molar-refractivity contribution in [3.05, 3.63) is 0 Å². The van der Waals surface area contributed by atoms with Crippen LogP contribution in [0.15, 0.2) is 0 Å². The first-order valence-electron chi connectivity index (χ1n) is 8.80. The summed E-state index contributed by atoms with van der Waals surface area (Å²) in [7, 11) is 0. The maximum atomic E-state index is 11.1. The van der Waals surface area contributed by atoms with Crippen LogP contribution in [0.4, 0.5) is 0 Å². The molecule has 130 valence electrons. The zero-order valence-corrected chi connectivity index (χ0v) is 15.1. The monoisotopic (exact) mass is 313 g/mol. The van der Waals surface area contributed by atoms with Crippen LogP contribution in [-0.2, 0) is 9.53 Å². The number of hydrogen-bond acceptors (Lipinski definition) is 3. The highest BCUT2D eigenvalue weighted by molar-refractivity contribution is 5.67. The van der Waals surface area contributed by atoms with Crippen LogP contribution < -0.4 is 5.32 Å². The van der Waals surface area contributed by atoms with Crippen LogP contribution in [0.1, 0.15) is 86.0 Å². The van der Waals surface area contributed by atoms with Crippen molar-refractivity contribution in [3.63, 3.8) is 0 Å². The van der Waals surface area contributed by atoms with Gasteiger partial charge in [0.1, 0.15) is 0 Å². The second kappa shape index (κ2) is 8.30. The van der Waals surface area contributed by atoms with E-state index in [1.54, 1.807) is 0 Å². The molecule has 1 aliphatic rings. The lowest BCUT2D eigenvalue weighted by Gasteiger charge is -2.47. The van der Waals surface area contributed by atoms with E-state index in [4.69, 9.17) is 9.84 Å². The Balaban J connectivity index is 2.57. The smallest absolute Gasteiger partial charge is 0.305 e. The maximum Gasteiger partial charge on any atom is 0.305 e. The van der Waals surface area contributed by atoms with Gasteiger partial charge in [-0.2, -0.15) is 0 Å². The van der Waals surface area contributed by atoms with E-state index in [1.807, 2.05) is 0 Å². The summed E-state index contributed by atoms with van der Waals surface area (Å²) in [6.07, 6.45) is 7.47. The Hall–Kier alpha value is -0.610. The Bertz CT molecular complexity index is 336. The van der Waals surface area contributed by atoms with E-state index in [0.717, 1.165) is 25.7 Å². The van der Waals surface area contributed by atoms with E-state index >= 15 is 0 Å². The third-order valence-electron chi connectivity index (χ3n) is 4.32. The van der Waals surface area contributed by atoms with Gasteiger partial charge in [-0.1, -0.05) is 32.6 Å². The molecule has 0 aromatic carbocycles. The van der Waals surface area contributed by atoms with Gasteiger partial charge < -0.3 is 15.2 Å². The lowest BCUT2D eigenvalue weighted by atomic mass is 9.81. The summed E-state index contributed by atoms with van der Waals surface area (Å²) >= 11 is 0. The van der Waals surface area contributed by atoms with Crippen LogP contribution in [0.25, 0.3) is 0 Å². The molecule has 0 amide bonds. The summed E-state index contributed by atoms with van der Waals surface area (Å²) in [4.78, 5) is 11.1. The highest BCUT2D eigenvalue weighted by Gasteiger charge is 2.39. The van der Waals surface area contributed by atoms with Gasteiger partial charge in [0.2, 0.25) is 0 Å². The molecule has 2 N–H and O–H groups in total. The molecule has 0 aromatic rings. The van der Waals surface area contributed by atoms with Gasteiger partial charge >= 0.3 is 5.97 Å². The summed E-state index contributed by atoms with van der Waals surface area (Å²) in [6.45, 7) is 11.0. The fourth-order valence-electron chi connectivity index (χ4n) is 3.81. The first-order chi connectivity index (χ1) is 10.1. The lowest BCUT2D eigenvalue weighted by molar-refractivity contribution is -0.143. The maximum absolute atomic E-state index is 11.1. The van der Waals surface area contributed by atoms with Crippen molar-refractivity contribution in [1.82, 2.24) is 5.32 Å². The highest BCUT2D eigenvalue weighted by Crippen LogP contribution is 2.31. The number of hydrogen-bond donors (Lipinski definition) is 2. The molecule has 1 heterocycles. The van der Waals surface area contributed by atoms with Gasteiger partial charge in [-0.3, -0.25) is 4.79 Å². The lowest BCUT2D eigenvalue weighted by Crippen LogP contribution is -2.59. The van der Waals surface area contributed by atoms with E-state index in [0.29, 0.717) is 0 Å². The molecule has 1 unspecified atom stereocenters. The van der Waals surface area contributed by atoms with Crippen molar-refractivity contribution in [2.75, 3.05) is 0 Å². The Morgan fingerprint density at radius 1 is 1.18 bits per heavy atom. The predicted molar refractivity (Wildman–Crippen MR) is 90.2 cm³/mol. The number of carboxylic acid groups (broad SMARTS) is 1. The summed E-state index contributed by atoms with van der Waals surface area (Å²) in [5, 5.41) is 12.8. The predicted octanol–water partition coefficient (Wildman–Crippen LogP) is 4.13. The van der Waals surface area contributed by atoms with Crippen molar-refractivity contribution < 1.29 is 14.6 Å². The minimum Gasteiger partial charge on any atom is -0.481 e. The van der Waals surface area contributed by atoms with Crippen LogP contribution in [0.5, 0.6) is 0 Å². The van der Waals surface area contributed by atoms with Crippen molar-refractivity contribution in [2.45, 2.75) is 109 Å². The van der Waals surface area contributed by atoms with Gasteiger partial charge in [0, 0.05) is 11.1 Å². The Kier molecular flexibility index (Phi) is 7.33. The SMILES string of the molecule is CCCCCCC(CC(=O)O)OC1CC(C)(C)NC(C)(C)C1. The number of nitrogens with one attached hydrogen (secondary N) is 1. The average molecular weight is 313 g/mol. The van der Waals surface area contributed by atoms with E-state index < -0.39 is 5.97 Å². The molecule has 0 radical (unpaired) electrons. The molecule has 0 aliphatic carbocycles. The third kappa shape index (κ3) is 7.59. The normalized spacial score (nSPS) is 22.4. The molecule has 0 bridgehead atoms. The Labute approximate surface area is 136 Å². The van der Waals surface area contributed by atoms with Crippen LogP contribution in [0.2, 0.25) is 0 Å². The summed E-state index contributed by atoms with van der Waals surface area (Å²) in [5.74, 6) is -0.757. The average Bonchev–Trinajstić information content (AvgIpc) is 2.29. The van der Waals surface area contributed by atoms with Gasteiger partial charge in [0.15, 0.2) is 0 Å². The molecule has 4 nitrogen and oxygen atoms in total. The number of rotatable bonds is 9. The molecular weight excluding hydrogens is 278 g/mol. The van der Waals surface area contributed by atoms with Crippen molar-refractivity contribution in [3.8, 4) is 0 Å². The molecule has 1 rings (SSSR count). The van der Waals surface area contributed by atoms with E-state index in [-0.39, 0.29) is 29.7 Å².